The standard InChI is InChI=1S/C9H9F3N2O/c1-13-14-8(15)6-3-2-4-7(5-6)9(10,11)12/h2-5,13H,1H3,(H,14,15). The van der Waals surface area contributed by atoms with Gasteiger partial charge >= 0.3 is 6.18 Å². The van der Waals surface area contributed by atoms with Crippen molar-refractivity contribution in [3.8, 4) is 0 Å². The van der Waals surface area contributed by atoms with E-state index in [9.17, 15) is 18.0 Å². The normalized spacial score (nSPS) is 11.2. The highest BCUT2D eigenvalue weighted by atomic mass is 19.4. The molecule has 1 amide bonds. The van der Waals surface area contributed by atoms with Gasteiger partial charge in [-0.05, 0) is 18.2 Å². The quantitative estimate of drug-likeness (QED) is 0.740. The average molecular weight is 218 g/mol. The van der Waals surface area contributed by atoms with Crippen LogP contribution in [0.2, 0.25) is 0 Å². The van der Waals surface area contributed by atoms with E-state index in [1.807, 2.05) is 0 Å². The number of amides is 1. The smallest absolute Gasteiger partial charge is 0.288 e. The van der Waals surface area contributed by atoms with E-state index in [1.165, 1.54) is 19.2 Å². The summed E-state index contributed by atoms with van der Waals surface area (Å²) in [7, 11) is 1.45. The zero-order chi connectivity index (χ0) is 11.5. The minimum atomic E-state index is -4.43. The summed E-state index contributed by atoms with van der Waals surface area (Å²) in [4.78, 5) is 11.2. The van der Waals surface area contributed by atoms with E-state index >= 15 is 0 Å². The summed E-state index contributed by atoms with van der Waals surface area (Å²) in [6.45, 7) is 0. The van der Waals surface area contributed by atoms with Crippen LogP contribution >= 0.6 is 0 Å². The summed E-state index contributed by atoms with van der Waals surface area (Å²) < 4.78 is 36.8. The fourth-order valence-electron chi connectivity index (χ4n) is 1.02. The fourth-order valence-corrected chi connectivity index (χ4v) is 1.02. The second-order valence-electron chi connectivity index (χ2n) is 2.78. The predicted molar refractivity (Wildman–Crippen MR) is 48.0 cm³/mol. The van der Waals surface area contributed by atoms with Crippen molar-refractivity contribution in [1.29, 1.82) is 0 Å². The van der Waals surface area contributed by atoms with E-state index < -0.39 is 17.6 Å². The number of benzene rings is 1. The number of carbonyl (C=O) groups is 1. The van der Waals surface area contributed by atoms with E-state index in [0.717, 1.165) is 12.1 Å². The zero-order valence-corrected chi connectivity index (χ0v) is 7.85. The van der Waals surface area contributed by atoms with Crippen molar-refractivity contribution >= 4 is 5.91 Å². The van der Waals surface area contributed by atoms with Crippen molar-refractivity contribution in [2.75, 3.05) is 7.05 Å². The van der Waals surface area contributed by atoms with Crippen LogP contribution in [0.1, 0.15) is 15.9 Å². The zero-order valence-electron chi connectivity index (χ0n) is 7.85. The molecule has 0 aliphatic heterocycles. The van der Waals surface area contributed by atoms with Crippen molar-refractivity contribution in [2.45, 2.75) is 6.18 Å². The van der Waals surface area contributed by atoms with Gasteiger partial charge in [0.1, 0.15) is 0 Å². The summed E-state index contributed by atoms with van der Waals surface area (Å²) in [5.41, 5.74) is 3.64. The molecule has 6 heteroatoms. The summed E-state index contributed by atoms with van der Waals surface area (Å²) in [6.07, 6.45) is -4.43. The maximum absolute atomic E-state index is 12.3. The molecule has 0 saturated heterocycles. The second kappa shape index (κ2) is 4.31. The Hall–Kier alpha value is -1.56. The van der Waals surface area contributed by atoms with Crippen molar-refractivity contribution in [1.82, 2.24) is 10.9 Å². The Morgan fingerprint density at radius 3 is 2.53 bits per heavy atom. The predicted octanol–water partition coefficient (Wildman–Crippen LogP) is 1.57. The molecular weight excluding hydrogens is 209 g/mol. The van der Waals surface area contributed by atoms with Crippen molar-refractivity contribution in [3.05, 3.63) is 35.4 Å². The van der Waals surface area contributed by atoms with Crippen LogP contribution < -0.4 is 10.9 Å². The molecule has 0 atom stereocenters. The largest absolute Gasteiger partial charge is 0.416 e. The Balaban J connectivity index is 2.98. The lowest BCUT2D eigenvalue weighted by molar-refractivity contribution is -0.137. The molecule has 1 rings (SSSR count). The van der Waals surface area contributed by atoms with Crippen molar-refractivity contribution < 1.29 is 18.0 Å². The molecule has 0 bridgehead atoms. The molecule has 1 aromatic carbocycles. The van der Waals surface area contributed by atoms with Crippen LogP contribution in [0, 0.1) is 0 Å². The van der Waals surface area contributed by atoms with Gasteiger partial charge in [0.15, 0.2) is 0 Å². The Labute approximate surface area is 84.3 Å². The number of carbonyl (C=O) groups excluding carboxylic acids is 1. The van der Waals surface area contributed by atoms with Crippen LogP contribution in [0.15, 0.2) is 24.3 Å². The summed E-state index contributed by atoms with van der Waals surface area (Å²) in [6, 6.07) is 4.21. The third kappa shape index (κ3) is 2.95. The summed E-state index contributed by atoms with van der Waals surface area (Å²) in [5.74, 6) is -0.608. The first-order chi connectivity index (χ1) is 6.95. The first kappa shape index (κ1) is 11.5. The maximum atomic E-state index is 12.3. The Kier molecular flexibility index (Phi) is 3.31. The number of rotatable bonds is 2. The topological polar surface area (TPSA) is 41.1 Å². The van der Waals surface area contributed by atoms with Gasteiger partial charge in [-0.2, -0.15) is 13.2 Å². The number of alkyl halides is 3. The molecule has 0 fully saturated rings. The van der Waals surface area contributed by atoms with E-state index in [1.54, 1.807) is 0 Å². The van der Waals surface area contributed by atoms with Gasteiger partial charge in [0.25, 0.3) is 5.91 Å². The molecule has 82 valence electrons. The Morgan fingerprint density at radius 2 is 2.00 bits per heavy atom. The highest BCUT2D eigenvalue weighted by Crippen LogP contribution is 2.29. The van der Waals surface area contributed by atoms with Crippen LogP contribution in [-0.4, -0.2) is 13.0 Å². The number of halogens is 3. The van der Waals surface area contributed by atoms with Crippen LogP contribution in [0.4, 0.5) is 13.2 Å². The highest BCUT2D eigenvalue weighted by molar-refractivity contribution is 5.94. The molecule has 2 N–H and O–H groups in total. The number of hydrogen-bond donors (Lipinski definition) is 2. The lowest BCUT2D eigenvalue weighted by Gasteiger charge is -2.08. The average Bonchev–Trinajstić information content (AvgIpc) is 2.17. The minimum Gasteiger partial charge on any atom is -0.288 e. The number of hydrazine groups is 1. The molecule has 1 aromatic rings. The first-order valence-electron chi connectivity index (χ1n) is 4.09. The minimum absolute atomic E-state index is 0.0424. The molecule has 0 aliphatic carbocycles. The molecule has 0 saturated carbocycles. The third-order valence-electron chi connectivity index (χ3n) is 1.69. The SMILES string of the molecule is CNNC(=O)c1cccc(C(F)(F)F)c1. The van der Waals surface area contributed by atoms with Gasteiger partial charge < -0.3 is 0 Å². The van der Waals surface area contributed by atoms with E-state index in [-0.39, 0.29) is 5.56 Å². The molecular formula is C9H9F3N2O. The van der Waals surface area contributed by atoms with Crippen molar-refractivity contribution in [2.24, 2.45) is 0 Å². The third-order valence-corrected chi connectivity index (χ3v) is 1.69. The van der Waals surface area contributed by atoms with Gasteiger partial charge in [-0.1, -0.05) is 6.07 Å². The molecule has 0 aromatic heterocycles. The van der Waals surface area contributed by atoms with Crippen molar-refractivity contribution in [3.63, 3.8) is 0 Å². The van der Waals surface area contributed by atoms with E-state index in [2.05, 4.69) is 10.9 Å². The van der Waals surface area contributed by atoms with Crippen LogP contribution in [0.25, 0.3) is 0 Å². The Bertz CT molecular complexity index is 363. The summed E-state index contributed by atoms with van der Waals surface area (Å²) >= 11 is 0. The maximum Gasteiger partial charge on any atom is 0.416 e. The van der Waals surface area contributed by atoms with Gasteiger partial charge in [0.05, 0.1) is 5.56 Å². The van der Waals surface area contributed by atoms with E-state index in [4.69, 9.17) is 0 Å². The highest BCUT2D eigenvalue weighted by Gasteiger charge is 2.30. The molecule has 0 spiro atoms. The lowest BCUT2D eigenvalue weighted by atomic mass is 10.1. The molecule has 0 radical (unpaired) electrons. The fraction of sp³-hybridized carbons (Fsp3) is 0.222. The van der Waals surface area contributed by atoms with E-state index in [0.29, 0.717) is 0 Å². The van der Waals surface area contributed by atoms with Crippen LogP contribution in [0.5, 0.6) is 0 Å². The molecule has 3 nitrogen and oxygen atoms in total. The molecule has 0 aliphatic rings. The monoisotopic (exact) mass is 218 g/mol. The van der Waals surface area contributed by atoms with Gasteiger partial charge in [-0.25, -0.2) is 5.43 Å². The molecule has 0 heterocycles. The van der Waals surface area contributed by atoms with Crippen LogP contribution in [0.3, 0.4) is 0 Å². The molecule has 0 unspecified atom stereocenters. The Morgan fingerprint density at radius 1 is 1.33 bits per heavy atom. The van der Waals surface area contributed by atoms with Gasteiger partial charge in [0, 0.05) is 12.6 Å². The van der Waals surface area contributed by atoms with Gasteiger partial charge in [-0.3, -0.25) is 10.2 Å². The van der Waals surface area contributed by atoms with Gasteiger partial charge in [0.2, 0.25) is 0 Å². The number of hydrogen-bond acceptors (Lipinski definition) is 2. The first-order valence-corrected chi connectivity index (χ1v) is 4.09. The number of nitrogens with one attached hydrogen (secondary N) is 2. The second-order valence-corrected chi connectivity index (χ2v) is 2.78. The summed E-state index contributed by atoms with van der Waals surface area (Å²) in [5, 5.41) is 0. The van der Waals surface area contributed by atoms with Crippen LogP contribution in [-0.2, 0) is 6.18 Å². The molecule has 15 heavy (non-hydrogen) atoms. The lowest BCUT2D eigenvalue weighted by Crippen LogP contribution is -2.34. The van der Waals surface area contributed by atoms with Gasteiger partial charge in [-0.15, -0.1) is 0 Å².